The van der Waals surface area contributed by atoms with E-state index in [1.165, 1.54) is 18.2 Å². The van der Waals surface area contributed by atoms with Gasteiger partial charge < -0.3 is 15.9 Å². The number of ether oxygens (including phenoxy) is 1. The van der Waals surface area contributed by atoms with Crippen LogP contribution in [-0.4, -0.2) is 44.8 Å². The minimum Gasteiger partial charge on any atom is -0.489 e. The number of nitrogens with two attached hydrogens (primary N) is 1. The normalized spacial score (nSPS) is 8.69. The third-order valence-corrected chi connectivity index (χ3v) is 4.22. The van der Waals surface area contributed by atoms with E-state index in [1.54, 1.807) is 31.5 Å². The van der Waals surface area contributed by atoms with E-state index in [-0.39, 0.29) is 0 Å². The first-order valence-corrected chi connectivity index (χ1v) is 14.9. The number of nitrogens with zero attached hydrogens (tertiary/aromatic N) is 2. The van der Waals surface area contributed by atoms with Gasteiger partial charge in [0.1, 0.15) is 12.4 Å². The van der Waals surface area contributed by atoms with Gasteiger partial charge in [-0.25, -0.2) is 0 Å². The van der Waals surface area contributed by atoms with E-state index in [1.807, 2.05) is 85.7 Å². The predicted octanol–water partition coefficient (Wildman–Crippen LogP) is 9.18. The van der Waals surface area contributed by atoms with Crippen molar-refractivity contribution in [3.05, 3.63) is 104 Å². The summed E-state index contributed by atoms with van der Waals surface area (Å²) in [6.07, 6.45) is 13.1. The first-order valence-electron chi connectivity index (χ1n) is 14.9. The van der Waals surface area contributed by atoms with Crippen LogP contribution in [0.5, 0.6) is 5.75 Å². The molecule has 0 radical (unpaired) electrons. The summed E-state index contributed by atoms with van der Waals surface area (Å²) in [5.74, 6) is 3.58. The Morgan fingerprint density at radius 2 is 1.36 bits per heavy atom. The molecule has 0 saturated carbocycles. The zero-order valence-corrected chi connectivity index (χ0v) is 29.3. The van der Waals surface area contributed by atoms with Crippen molar-refractivity contribution in [1.29, 1.82) is 0 Å². The van der Waals surface area contributed by atoms with E-state index >= 15 is 0 Å². The molecule has 0 saturated heterocycles. The summed E-state index contributed by atoms with van der Waals surface area (Å²) in [6, 6.07) is 18.9. The summed E-state index contributed by atoms with van der Waals surface area (Å²) in [6.45, 7) is 29.3. The molecule has 0 spiro atoms. The molecule has 0 heterocycles. The van der Waals surface area contributed by atoms with Crippen LogP contribution < -0.4 is 15.9 Å². The summed E-state index contributed by atoms with van der Waals surface area (Å²) in [7, 11) is 5.32. The molecule has 2 aromatic rings. The number of allylic oxidation sites excluding steroid dienone is 3. The number of hydrogen-bond acceptors (Lipinski definition) is 5. The van der Waals surface area contributed by atoms with Gasteiger partial charge >= 0.3 is 0 Å². The molecule has 42 heavy (non-hydrogen) atoms. The van der Waals surface area contributed by atoms with E-state index in [9.17, 15) is 0 Å². The van der Waals surface area contributed by atoms with Crippen molar-refractivity contribution in [2.45, 2.75) is 81.4 Å². The average molecular weight is 583 g/mol. The fourth-order valence-corrected chi connectivity index (χ4v) is 2.39. The van der Waals surface area contributed by atoms with E-state index in [4.69, 9.17) is 11.2 Å². The van der Waals surface area contributed by atoms with Crippen molar-refractivity contribution in [1.82, 2.24) is 10.3 Å². The molecule has 1 atom stereocenters. The van der Waals surface area contributed by atoms with E-state index in [2.05, 4.69) is 85.1 Å². The zero-order valence-electron chi connectivity index (χ0n) is 29.3. The molecule has 0 aliphatic heterocycles. The Kier molecular flexibility index (Phi) is 61.2. The predicted molar refractivity (Wildman–Crippen MR) is 195 cm³/mol. The second-order valence-corrected chi connectivity index (χ2v) is 7.08. The molecule has 0 fully saturated rings. The molecule has 0 amide bonds. The lowest BCUT2D eigenvalue weighted by Gasteiger charge is -2.22. The van der Waals surface area contributed by atoms with E-state index in [0.717, 1.165) is 12.2 Å². The number of rotatable bonds is 9. The maximum atomic E-state index is 5.80. The quantitative estimate of drug-likeness (QED) is 0.102. The average Bonchev–Trinajstić information content (AvgIpc) is 3.06. The van der Waals surface area contributed by atoms with Gasteiger partial charge in [0.15, 0.2) is 0 Å². The first-order chi connectivity index (χ1) is 20.4. The molecule has 2 aromatic carbocycles. The third kappa shape index (κ3) is 40.9. The van der Waals surface area contributed by atoms with Gasteiger partial charge in [-0.2, -0.15) is 5.10 Å². The smallest absolute Gasteiger partial charge is 0.119 e. The summed E-state index contributed by atoms with van der Waals surface area (Å²) in [4.78, 5) is 2.18. The first kappa shape index (κ1) is 51.2. The van der Waals surface area contributed by atoms with Crippen LogP contribution >= 0.6 is 0 Å². The highest BCUT2D eigenvalue weighted by atomic mass is 16.5. The third-order valence-electron chi connectivity index (χ3n) is 4.22. The van der Waals surface area contributed by atoms with Crippen molar-refractivity contribution in [3.8, 4) is 18.1 Å². The highest BCUT2D eigenvalue weighted by molar-refractivity contribution is 5.52. The van der Waals surface area contributed by atoms with Crippen molar-refractivity contribution < 1.29 is 4.74 Å². The summed E-state index contributed by atoms with van der Waals surface area (Å²) < 4.78 is 5.80. The topological polar surface area (TPSA) is 62.9 Å². The molecule has 2 rings (SSSR count). The SMILES string of the molecule is C#CCN(C)C(C)Cc1ccc(OCc2ccccc2)cc1.C/C=N/NC.C=CC.C=CC=C.CC.CC.CC.CN. The monoisotopic (exact) mass is 583 g/mol. The van der Waals surface area contributed by atoms with Crippen molar-refractivity contribution in [3.63, 3.8) is 0 Å². The maximum absolute atomic E-state index is 5.80. The second-order valence-electron chi connectivity index (χ2n) is 7.08. The van der Waals surface area contributed by atoms with Gasteiger partial charge in [-0.05, 0) is 64.5 Å². The van der Waals surface area contributed by atoms with Crippen LogP contribution in [0.1, 0.15) is 73.4 Å². The Labute approximate surface area is 262 Å². The van der Waals surface area contributed by atoms with Gasteiger partial charge in [0.2, 0.25) is 0 Å². The van der Waals surface area contributed by atoms with Gasteiger partial charge in [0, 0.05) is 19.3 Å². The Morgan fingerprint density at radius 3 is 1.69 bits per heavy atom. The highest BCUT2D eigenvalue weighted by Crippen LogP contribution is 2.16. The second kappa shape index (κ2) is 50.3. The molecule has 0 aromatic heterocycles. The Morgan fingerprint density at radius 1 is 0.905 bits per heavy atom. The van der Waals surface area contributed by atoms with E-state index in [0.29, 0.717) is 19.2 Å². The lowest BCUT2D eigenvalue weighted by atomic mass is 10.1. The standard InChI is InChI=1S/C20H23NO.C4H6.C3H8N2.C3H6.3C2H6.CH5N/c1-4-14-21(3)17(2)15-18-10-12-20(13-11-18)22-16-19-8-6-5-7-9-19;1-3-4-2;1-3-5-4-2;1-3-2;4*1-2/h1,5-13,17H,14-16H2,2-3H3;3-4H,1-2H2;3-4H,1-2H3;3H,1H2,2H3;3*1-2H3;2H2,1H3/b;;5-3+;;;;;. The van der Waals surface area contributed by atoms with Crippen LogP contribution in [0.3, 0.4) is 0 Å². The molecule has 240 valence electrons. The number of benzene rings is 2. The lowest BCUT2D eigenvalue weighted by Crippen LogP contribution is -2.31. The number of nitrogens with one attached hydrogen (secondary N) is 1. The minimum atomic E-state index is 0.423. The molecule has 5 heteroatoms. The number of terminal acetylenes is 1. The molecular weight excluding hydrogens is 516 g/mol. The highest BCUT2D eigenvalue weighted by Gasteiger charge is 2.08. The van der Waals surface area contributed by atoms with Gasteiger partial charge in [0.05, 0.1) is 6.54 Å². The molecule has 0 aliphatic carbocycles. The molecule has 0 bridgehead atoms. The Bertz CT molecular complexity index is 819. The minimum absolute atomic E-state index is 0.423. The summed E-state index contributed by atoms with van der Waals surface area (Å²) in [5, 5.41) is 3.60. The fourth-order valence-electron chi connectivity index (χ4n) is 2.39. The lowest BCUT2D eigenvalue weighted by molar-refractivity contribution is 0.286. The number of likely N-dealkylation sites (N-methyl/N-ethyl adjacent to an activating group) is 1. The van der Waals surface area contributed by atoms with Crippen LogP contribution in [-0.2, 0) is 13.0 Å². The number of hydrazone groups is 1. The molecule has 0 aliphatic rings. The Hall–Kier alpha value is -3.59. The van der Waals surface area contributed by atoms with Crippen LogP contribution in [0.4, 0.5) is 0 Å². The van der Waals surface area contributed by atoms with Gasteiger partial charge in [-0.15, -0.1) is 13.0 Å². The van der Waals surface area contributed by atoms with E-state index < -0.39 is 0 Å². The van der Waals surface area contributed by atoms with Gasteiger partial charge in [-0.3, -0.25) is 4.90 Å². The van der Waals surface area contributed by atoms with Gasteiger partial charge in [-0.1, -0.05) is 121 Å². The van der Waals surface area contributed by atoms with Crippen molar-refractivity contribution >= 4 is 6.21 Å². The summed E-state index contributed by atoms with van der Waals surface area (Å²) in [5.41, 5.74) is 9.56. The molecule has 3 N–H and O–H groups in total. The Balaban J connectivity index is -0.000000134. The molecule has 1 unspecified atom stereocenters. The van der Waals surface area contributed by atoms with Crippen molar-refractivity contribution in [2.24, 2.45) is 10.8 Å². The largest absolute Gasteiger partial charge is 0.489 e. The van der Waals surface area contributed by atoms with Crippen LogP contribution in [0.2, 0.25) is 0 Å². The molecule has 5 nitrogen and oxygen atoms in total. The van der Waals surface area contributed by atoms with Crippen LogP contribution in [0, 0.1) is 12.3 Å². The molecular formula is C37H66N4O. The van der Waals surface area contributed by atoms with Crippen LogP contribution in [0.15, 0.2) is 97.7 Å². The fraction of sp³-hybridized carbons (Fsp3) is 0.432. The maximum Gasteiger partial charge on any atom is 0.119 e. The van der Waals surface area contributed by atoms with Gasteiger partial charge in [0.25, 0.3) is 0 Å². The van der Waals surface area contributed by atoms with Crippen LogP contribution in [0.25, 0.3) is 0 Å². The zero-order chi connectivity index (χ0) is 34.0. The summed E-state index contributed by atoms with van der Waals surface area (Å²) >= 11 is 0. The van der Waals surface area contributed by atoms with Crippen molar-refractivity contribution in [2.75, 3.05) is 27.7 Å². The number of hydrogen-bond donors (Lipinski definition) is 2.